The SMILES string of the molecule is CCCNCc1cc(C)ccc1Sc1ccccc1C. The minimum atomic E-state index is 0.948. The Morgan fingerprint density at radius 3 is 2.55 bits per heavy atom. The second-order valence-corrected chi connectivity index (χ2v) is 6.24. The molecule has 0 radical (unpaired) electrons. The molecule has 0 saturated heterocycles. The van der Waals surface area contributed by atoms with Gasteiger partial charge in [-0.2, -0.15) is 0 Å². The van der Waals surface area contributed by atoms with Gasteiger partial charge < -0.3 is 5.32 Å². The topological polar surface area (TPSA) is 12.0 Å². The quantitative estimate of drug-likeness (QED) is 0.753. The van der Waals surface area contributed by atoms with E-state index in [-0.39, 0.29) is 0 Å². The van der Waals surface area contributed by atoms with Crippen LogP contribution in [0.2, 0.25) is 0 Å². The number of benzene rings is 2. The Morgan fingerprint density at radius 2 is 1.80 bits per heavy atom. The van der Waals surface area contributed by atoms with Gasteiger partial charge in [0.15, 0.2) is 0 Å². The summed E-state index contributed by atoms with van der Waals surface area (Å²) in [6, 6.07) is 15.3. The first kappa shape index (κ1) is 15.1. The number of rotatable bonds is 6. The first-order valence-electron chi connectivity index (χ1n) is 7.24. The minimum absolute atomic E-state index is 0.948. The van der Waals surface area contributed by atoms with E-state index in [9.17, 15) is 0 Å². The highest BCUT2D eigenvalue weighted by Gasteiger charge is 2.06. The molecule has 2 aromatic rings. The average Bonchev–Trinajstić information content (AvgIpc) is 2.44. The molecule has 1 N–H and O–H groups in total. The molecule has 2 aromatic carbocycles. The van der Waals surface area contributed by atoms with Crippen LogP contribution in [0.5, 0.6) is 0 Å². The van der Waals surface area contributed by atoms with Crippen LogP contribution in [0.3, 0.4) is 0 Å². The molecular formula is C18H23NS. The molecule has 0 aliphatic heterocycles. The zero-order valence-electron chi connectivity index (χ0n) is 12.6. The first-order chi connectivity index (χ1) is 9.70. The number of hydrogen-bond donors (Lipinski definition) is 1. The molecule has 0 aliphatic carbocycles. The Morgan fingerprint density at radius 1 is 1.00 bits per heavy atom. The van der Waals surface area contributed by atoms with Crippen LogP contribution in [-0.2, 0) is 6.54 Å². The maximum Gasteiger partial charge on any atom is 0.0216 e. The standard InChI is InChI=1S/C18H23NS/c1-4-11-19-13-16-12-14(2)9-10-18(16)20-17-8-6-5-7-15(17)3/h5-10,12,19H,4,11,13H2,1-3H3. The van der Waals surface area contributed by atoms with E-state index in [0.29, 0.717) is 0 Å². The second kappa shape index (κ2) is 7.51. The van der Waals surface area contributed by atoms with Crippen LogP contribution >= 0.6 is 11.8 Å². The van der Waals surface area contributed by atoms with Gasteiger partial charge in [-0.3, -0.25) is 0 Å². The third kappa shape index (κ3) is 4.12. The molecule has 2 rings (SSSR count). The predicted octanol–water partition coefficient (Wildman–Crippen LogP) is 4.95. The normalized spacial score (nSPS) is 10.8. The van der Waals surface area contributed by atoms with Crippen molar-refractivity contribution in [3.63, 3.8) is 0 Å². The molecule has 0 unspecified atom stereocenters. The maximum absolute atomic E-state index is 3.51. The highest BCUT2D eigenvalue weighted by atomic mass is 32.2. The Hall–Kier alpha value is -1.25. The highest BCUT2D eigenvalue weighted by molar-refractivity contribution is 7.99. The van der Waals surface area contributed by atoms with Gasteiger partial charge in [-0.25, -0.2) is 0 Å². The molecule has 0 aliphatic rings. The number of nitrogens with one attached hydrogen (secondary N) is 1. The van der Waals surface area contributed by atoms with Gasteiger partial charge in [0.25, 0.3) is 0 Å². The van der Waals surface area contributed by atoms with Crippen molar-refractivity contribution in [2.24, 2.45) is 0 Å². The van der Waals surface area contributed by atoms with Crippen molar-refractivity contribution in [3.8, 4) is 0 Å². The van der Waals surface area contributed by atoms with Crippen LogP contribution in [0.4, 0.5) is 0 Å². The number of hydrogen-bond acceptors (Lipinski definition) is 2. The Bertz CT molecular complexity index is 563. The molecule has 0 atom stereocenters. The third-order valence-electron chi connectivity index (χ3n) is 3.27. The summed E-state index contributed by atoms with van der Waals surface area (Å²) in [5, 5.41) is 3.51. The molecular weight excluding hydrogens is 262 g/mol. The van der Waals surface area contributed by atoms with E-state index in [1.807, 2.05) is 11.8 Å². The summed E-state index contributed by atoms with van der Waals surface area (Å²) in [6.45, 7) is 8.55. The van der Waals surface area contributed by atoms with Gasteiger partial charge in [-0.15, -0.1) is 0 Å². The molecule has 2 heteroatoms. The van der Waals surface area contributed by atoms with E-state index in [2.05, 4.69) is 68.6 Å². The van der Waals surface area contributed by atoms with Crippen LogP contribution in [-0.4, -0.2) is 6.54 Å². The van der Waals surface area contributed by atoms with E-state index in [1.165, 1.54) is 32.9 Å². The van der Waals surface area contributed by atoms with Gasteiger partial charge in [0.05, 0.1) is 0 Å². The first-order valence-corrected chi connectivity index (χ1v) is 8.06. The summed E-state index contributed by atoms with van der Waals surface area (Å²) in [6.07, 6.45) is 1.17. The van der Waals surface area contributed by atoms with Crippen LogP contribution in [0.25, 0.3) is 0 Å². The molecule has 20 heavy (non-hydrogen) atoms. The summed E-state index contributed by atoms with van der Waals surface area (Å²) >= 11 is 1.87. The molecule has 0 fully saturated rings. The lowest BCUT2D eigenvalue weighted by Gasteiger charge is -2.12. The second-order valence-electron chi connectivity index (χ2n) is 5.16. The lowest BCUT2D eigenvalue weighted by Crippen LogP contribution is -2.14. The summed E-state index contributed by atoms with van der Waals surface area (Å²) in [5.74, 6) is 0. The van der Waals surface area contributed by atoms with Gasteiger partial charge in [0.2, 0.25) is 0 Å². The average molecular weight is 285 g/mol. The molecule has 1 nitrogen and oxygen atoms in total. The van der Waals surface area contributed by atoms with Gasteiger partial charge in [-0.05, 0) is 50.1 Å². The van der Waals surface area contributed by atoms with Crippen LogP contribution in [0, 0.1) is 13.8 Å². The zero-order chi connectivity index (χ0) is 14.4. The van der Waals surface area contributed by atoms with E-state index in [1.54, 1.807) is 0 Å². The van der Waals surface area contributed by atoms with Crippen molar-refractivity contribution in [1.29, 1.82) is 0 Å². The maximum atomic E-state index is 3.51. The summed E-state index contributed by atoms with van der Waals surface area (Å²) < 4.78 is 0. The predicted molar refractivity (Wildman–Crippen MR) is 88.5 cm³/mol. The summed E-state index contributed by atoms with van der Waals surface area (Å²) in [7, 11) is 0. The lowest BCUT2D eigenvalue weighted by atomic mass is 10.1. The van der Waals surface area contributed by atoms with Crippen molar-refractivity contribution < 1.29 is 0 Å². The van der Waals surface area contributed by atoms with E-state index in [0.717, 1.165) is 13.1 Å². The molecule has 0 heterocycles. The lowest BCUT2D eigenvalue weighted by molar-refractivity contribution is 0.669. The Balaban J connectivity index is 2.20. The summed E-state index contributed by atoms with van der Waals surface area (Å²) in [5.41, 5.74) is 4.06. The fourth-order valence-electron chi connectivity index (χ4n) is 2.14. The van der Waals surface area contributed by atoms with Crippen LogP contribution in [0.1, 0.15) is 30.0 Å². The molecule has 0 bridgehead atoms. The fraction of sp³-hybridized carbons (Fsp3) is 0.333. The number of aryl methyl sites for hydroxylation is 2. The van der Waals surface area contributed by atoms with E-state index in [4.69, 9.17) is 0 Å². The van der Waals surface area contributed by atoms with Gasteiger partial charge in [-0.1, -0.05) is 54.6 Å². The van der Waals surface area contributed by atoms with Crippen LogP contribution < -0.4 is 5.32 Å². The monoisotopic (exact) mass is 285 g/mol. The van der Waals surface area contributed by atoms with Crippen LogP contribution in [0.15, 0.2) is 52.3 Å². The van der Waals surface area contributed by atoms with Crippen molar-refractivity contribution in [2.75, 3.05) is 6.54 Å². The zero-order valence-corrected chi connectivity index (χ0v) is 13.4. The van der Waals surface area contributed by atoms with Gasteiger partial charge in [0, 0.05) is 16.3 Å². The van der Waals surface area contributed by atoms with E-state index < -0.39 is 0 Å². The minimum Gasteiger partial charge on any atom is -0.313 e. The van der Waals surface area contributed by atoms with Crippen molar-refractivity contribution in [2.45, 2.75) is 43.5 Å². The van der Waals surface area contributed by atoms with Crippen molar-refractivity contribution >= 4 is 11.8 Å². The van der Waals surface area contributed by atoms with E-state index >= 15 is 0 Å². The fourth-order valence-corrected chi connectivity index (χ4v) is 3.15. The Labute approximate surface area is 126 Å². The summed E-state index contributed by atoms with van der Waals surface area (Å²) in [4.78, 5) is 2.70. The highest BCUT2D eigenvalue weighted by Crippen LogP contribution is 2.33. The third-order valence-corrected chi connectivity index (χ3v) is 4.57. The largest absolute Gasteiger partial charge is 0.313 e. The molecule has 0 aromatic heterocycles. The Kier molecular flexibility index (Phi) is 5.69. The van der Waals surface area contributed by atoms with Gasteiger partial charge >= 0.3 is 0 Å². The van der Waals surface area contributed by atoms with Crippen molar-refractivity contribution in [1.82, 2.24) is 5.32 Å². The molecule has 0 amide bonds. The van der Waals surface area contributed by atoms with Gasteiger partial charge in [0.1, 0.15) is 0 Å². The molecule has 106 valence electrons. The molecule has 0 spiro atoms. The smallest absolute Gasteiger partial charge is 0.0216 e. The van der Waals surface area contributed by atoms with Crippen molar-refractivity contribution in [3.05, 3.63) is 59.2 Å². The molecule has 0 saturated carbocycles.